The monoisotopic (exact) mass is 438 g/mol. The Kier molecular flexibility index (Phi) is 8.07. The second-order valence-electron chi connectivity index (χ2n) is 6.65. The van der Waals surface area contributed by atoms with Crippen molar-refractivity contribution in [1.29, 1.82) is 0 Å². The molecule has 2 aromatic rings. The number of hydrogen-bond acceptors (Lipinski definition) is 4. The molecule has 1 amide bonds. The molecule has 0 saturated carbocycles. The summed E-state index contributed by atoms with van der Waals surface area (Å²) in [7, 11) is -3.50. The van der Waals surface area contributed by atoms with Gasteiger partial charge in [-0.15, -0.1) is 0 Å². The SMILES string of the molecule is CCN(CC)S(=O)(=O)c1ccc(C(C)NC(=O)COc2ccc(Cl)cc2C)cc1. The Balaban J connectivity index is 1.98. The standard InChI is InChI=1S/C21H27ClN2O4S/c1-5-24(6-2)29(26,27)19-10-7-17(8-11-19)16(4)23-21(25)14-28-20-12-9-18(22)13-15(20)3/h7-13,16H,5-6,14H2,1-4H3,(H,23,25). The number of hydrogen-bond donors (Lipinski definition) is 1. The van der Waals surface area contributed by atoms with E-state index < -0.39 is 10.0 Å². The first kappa shape index (κ1) is 23.2. The molecular weight excluding hydrogens is 412 g/mol. The molecule has 0 aliphatic carbocycles. The van der Waals surface area contributed by atoms with Gasteiger partial charge in [0, 0.05) is 18.1 Å². The number of rotatable bonds is 9. The lowest BCUT2D eigenvalue weighted by Gasteiger charge is -2.19. The number of ether oxygens (including phenoxy) is 1. The van der Waals surface area contributed by atoms with Crippen molar-refractivity contribution >= 4 is 27.5 Å². The molecule has 29 heavy (non-hydrogen) atoms. The third-order valence-corrected chi connectivity index (χ3v) is 6.90. The number of halogens is 1. The fourth-order valence-corrected chi connectivity index (χ4v) is 4.61. The van der Waals surface area contributed by atoms with Crippen LogP contribution in [0.4, 0.5) is 0 Å². The quantitative estimate of drug-likeness (QED) is 0.643. The van der Waals surface area contributed by atoms with Crippen molar-refractivity contribution in [3.05, 3.63) is 58.6 Å². The van der Waals surface area contributed by atoms with Gasteiger partial charge in [-0.25, -0.2) is 8.42 Å². The van der Waals surface area contributed by atoms with E-state index in [-0.39, 0.29) is 23.5 Å². The Bertz CT molecular complexity index is 942. The van der Waals surface area contributed by atoms with Gasteiger partial charge < -0.3 is 10.1 Å². The first-order chi connectivity index (χ1) is 13.7. The topological polar surface area (TPSA) is 75.7 Å². The molecule has 0 radical (unpaired) electrons. The summed E-state index contributed by atoms with van der Waals surface area (Å²) in [4.78, 5) is 12.4. The number of carbonyl (C=O) groups is 1. The van der Waals surface area contributed by atoms with Crippen LogP contribution < -0.4 is 10.1 Å². The molecule has 2 aromatic carbocycles. The molecule has 6 nitrogen and oxygen atoms in total. The zero-order valence-corrected chi connectivity index (χ0v) is 18.7. The van der Waals surface area contributed by atoms with Gasteiger partial charge in [-0.1, -0.05) is 37.6 Å². The summed E-state index contributed by atoms with van der Waals surface area (Å²) in [6, 6.07) is 11.5. The van der Waals surface area contributed by atoms with Crippen LogP contribution in [0.25, 0.3) is 0 Å². The van der Waals surface area contributed by atoms with E-state index >= 15 is 0 Å². The highest BCUT2D eigenvalue weighted by Crippen LogP contribution is 2.22. The number of amides is 1. The fraction of sp³-hybridized carbons (Fsp3) is 0.381. The predicted octanol–water partition coefficient (Wildman–Crippen LogP) is 3.94. The highest BCUT2D eigenvalue weighted by atomic mass is 35.5. The number of benzene rings is 2. The maximum Gasteiger partial charge on any atom is 0.258 e. The van der Waals surface area contributed by atoms with Crippen LogP contribution in [0.3, 0.4) is 0 Å². The van der Waals surface area contributed by atoms with Crippen LogP contribution in [0, 0.1) is 6.92 Å². The lowest BCUT2D eigenvalue weighted by atomic mass is 10.1. The molecule has 0 bridgehead atoms. The van der Waals surface area contributed by atoms with Gasteiger partial charge in [0.2, 0.25) is 10.0 Å². The van der Waals surface area contributed by atoms with E-state index in [2.05, 4.69) is 5.32 Å². The summed E-state index contributed by atoms with van der Waals surface area (Å²) in [6.45, 7) is 8.01. The molecule has 1 N–H and O–H groups in total. The Morgan fingerprint density at radius 1 is 1.14 bits per heavy atom. The molecule has 0 spiro atoms. The van der Waals surface area contributed by atoms with Gasteiger partial charge >= 0.3 is 0 Å². The van der Waals surface area contributed by atoms with Crippen molar-refractivity contribution in [2.24, 2.45) is 0 Å². The van der Waals surface area contributed by atoms with Crippen LogP contribution in [0.5, 0.6) is 5.75 Å². The highest BCUT2D eigenvalue weighted by Gasteiger charge is 2.21. The maximum absolute atomic E-state index is 12.6. The zero-order valence-electron chi connectivity index (χ0n) is 17.1. The Labute approximate surface area is 177 Å². The molecule has 2 rings (SSSR count). The summed E-state index contributed by atoms with van der Waals surface area (Å²) >= 11 is 5.91. The van der Waals surface area contributed by atoms with E-state index in [9.17, 15) is 13.2 Å². The van der Waals surface area contributed by atoms with E-state index in [1.165, 1.54) is 4.31 Å². The van der Waals surface area contributed by atoms with Crippen molar-refractivity contribution in [2.75, 3.05) is 19.7 Å². The van der Waals surface area contributed by atoms with Crippen molar-refractivity contribution in [3.63, 3.8) is 0 Å². The largest absolute Gasteiger partial charge is 0.484 e. The zero-order chi connectivity index (χ0) is 21.6. The van der Waals surface area contributed by atoms with E-state index in [4.69, 9.17) is 16.3 Å². The van der Waals surface area contributed by atoms with E-state index in [1.54, 1.807) is 56.3 Å². The van der Waals surface area contributed by atoms with Crippen LogP contribution in [-0.4, -0.2) is 38.3 Å². The Morgan fingerprint density at radius 2 is 1.76 bits per heavy atom. The average molecular weight is 439 g/mol. The number of aryl methyl sites for hydroxylation is 1. The predicted molar refractivity (Wildman–Crippen MR) is 115 cm³/mol. The van der Waals surface area contributed by atoms with E-state index in [0.29, 0.717) is 23.9 Å². The molecule has 0 heterocycles. The molecule has 1 unspecified atom stereocenters. The van der Waals surface area contributed by atoms with Gasteiger partial charge in [-0.05, 0) is 55.3 Å². The molecule has 158 valence electrons. The minimum Gasteiger partial charge on any atom is -0.484 e. The summed E-state index contributed by atoms with van der Waals surface area (Å²) in [5.74, 6) is 0.329. The van der Waals surface area contributed by atoms with Crippen molar-refractivity contribution < 1.29 is 17.9 Å². The van der Waals surface area contributed by atoms with Gasteiger partial charge in [0.25, 0.3) is 5.91 Å². The fourth-order valence-electron chi connectivity index (χ4n) is 2.93. The number of nitrogens with zero attached hydrogens (tertiary/aromatic N) is 1. The van der Waals surface area contributed by atoms with E-state index in [0.717, 1.165) is 11.1 Å². The molecule has 0 aliphatic heterocycles. The van der Waals surface area contributed by atoms with Gasteiger partial charge in [0.15, 0.2) is 6.61 Å². The second kappa shape index (κ2) is 10.1. The van der Waals surface area contributed by atoms with Gasteiger partial charge in [-0.3, -0.25) is 4.79 Å². The second-order valence-corrected chi connectivity index (χ2v) is 9.02. The van der Waals surface area contributed by atoms with Crippen molar-refractivity contribution in [3.8, 4) is 5.75 Å². The van der Waals surface area contributed by atoms with Gasteiger partial charge in [0.05, 0.1) is 10.9 Å². The molecule has 0 saturated heterocycles. The highest BCUT2D eigenvalue weighted by molar-refractivity contribution is 7.89. The maximum atomic E-state index is 12.6. The minimum absolute atomic E-state index is 0.124. The summed E-state index contributed by atoms with van der Waals surface area (Å²) in [5, 5.41) is 3.46. The Hall–Kier alpha value is -2.09. The van der Waals surface area contributed by atoms with Crippen LogP contribution in [-0.2, 0) is 14.8 Å². The summed E-state index contributed by atoms with van der Waals surface area (Å²) < 4.78 is 32.1. The van der Waals surface area contributed by atoms with Crippen LogP contribution in [0.1, 0.15) is 37.9 Å². The van der Waals surface area contributed by atoms with Crippen LogP contribution in [0.2, 0.25) is 5.02 Å². The molecule has 0 aliphatic rings. The van der Waals surface area contributed by atoms with Gasteiger partial charge in [0.1, 0.15) is 5.75 Å². The molecule has 8 heteroatoms. The molecular formula is C21H27ClN2O4S. The molecule has 1 atom stereocenters. The third-order valence-electron chi connectivity index (χ3n) is 4.60. The molecule has 0 aromatic heterocycles. The Morgan fingerprint density at radius 3 is 2.31 bits per heavy atom. The number of sulfonamides is 1. The van der Waals surface area contributed by atoms with E-state index in [1.807, 2.05) is 13.8 Å². The van der Waals surface area contributed by atoms with Crippen molar-refractivity contribution in [1.82, 2.24) is 9.62 Å². The minimum atomic E-state index is -3.50. The first-order valence-corrected chi connectivity index (χ1v) is 11.3. The van der Waals surface area contributed by atoms with Gasteiger partial charge in [-0.2, -0.15) is 4.31 Å². The normalized spacial score (nSPS) is 12.6. The van der Waals surface area contributed by atoms with Crippen LogP contribution >= 0.6 is 11.6 Å². The van der Waals surface area contributed by atoms with Crippen molar-refractivity contribution in [2.45, 2.75) is 38.6 Å². The lowest BCUT2D eigenvalue weighted by Crippen LogP contribution is -2.32. The molecule has 0 fully saturated rings. The lowest BCUT2D eigenvalue weighted by molar-refractivity contribution is -0.123. The summed E-state index contributed by atoms with van der Waals surface area (Å²) in [6.07, 6.45) is 0. The number of nitrogens with one attached hydrogen (secondary N) is 1. The smallest absolute Gasteiger partial charge is 0.258 e. The summed E-state index contributed by atoms with van der Waals surface area (Å²) in [5.41, 5.74) is 1.66. The van der Waals surface area contributed by atoms with Crippen LogP contribution in [0.15, 0.2) is 47.4 Å². The third kappa shape index (κ3) is 5.95. The number of carbonyl (C=O) groups excluding carboxylic acids is 1. The average Bonchev–Trinajstić information content (AvgIpc) is 2.68. The first-order valence-electron chi connectivity index (χ1n) is 9.47.